The van der Waals surface area contributed by atoms with E-state index < -0.39 is 0 Å². The molecule has 0 saturated carbocycles. The number of hydrogen-bond donors (Lipinski definition) is 3. The molecule has 10 heteroatoms. The number of rotatable bonds is 4. The van der Waals surface area contributed by atoms with Gasteiger partial charge in [-0.15, -0.1) is 5.10 Å². The van der Waals surface area contributed by atoms with E-state index in [9.17, 15) is 10.4 Å². The normalized spacial score (nSPS) is 12.5. The SMILES string of the molecule is ON=C(C(=Nc1nc2nccc(-c3ccco3)n2n1)NO)c1ccccc1. The van der Waals surface area contributed by atoms with Gasteiger partial charge in [-0.05, 0) is 18.2 Å². The molecule has 0 aliphatic heterocycles. The number of aromatic nitrogens is 4. The van der Waals surface area contributed by atoms with Gasteiger partial charge in [0.15, 0.2) is 17.3 Å². The Balaban J connectivity index is 1.78. The van der Waals surface area contributed by atoms with Gasteiger partial charge in [-0.1, -0.05) is 35.5 Å². The molecule has 10 nitrogen and oxygen atoms in total. The number of hydrogen-bond acceptors (Lipinski definition) is 8. The zero-order chi connectivity index (χ0) is 18.6. The second-order valence-corrected chi connectivity index (χ2v) is 5.32. The summed E-state index contributed by atoms with van der Waals surface area (Å²) in [6.45, 7) is 0. The van der Waals surface area contributed by atoms with Crippen molar-refractivity contribution in [3.05, 3.63) is 66.6 Å². The minimum absolute atomic E-state index is 0.00939. The number of nitrogens with zero attached hydrogens (tertiary/aromatic N) is 6. The number of amidine groups is 1. The highest BCUT2D eigenvalue weighted by Crippen LogP contribution is 2.20. The van der Waals surface area contributed by atoms with E-state index in [0.29, 0.717) is 22.8 Å². The molecule has 0 amide bonds. The van der Waals surface area contributed by atoms with Crippen LogP contribution >= 0.6 is 0 Å². The second kappa shape index (κ2) is 7.06. The van der Waals surface area contributed by atoms with E-state index in [1.54, 1.807) is 54.9 Å². The first-order chi connectivity index (χ1) is 13.3. The molecule has 0 fully saturated rings. The largest absolute Gasteiger partial charge is 0.463 e. The zero-order valence-corrected chi connectivity index (χ0v) is 13.8. The van der Waals surface area contributed by atoms with E-state index in [1.165, 1.54) is 4.52 Å². The van der Waals surface area contributed by atoms with Crippen molar-refractivity contribution in [1.29, 1.82) is 0 Å². The summed E-state index contributed by atoms with van der Waals surface area (Å²) in [5, 5.41) is 26.3. The van der Waals surface area contributed by atoms with Gasteiger partial charge in [0.1, 0.15) is 5.69 Å². The van der Waals surface area contributed by atoms with Crippen molar-refractivity contribution in [3.63, 3.8) is 0 Å². The van der Waals surface area contributed by atoms with Crippen LogP contribution in [-0.4, -0.2) is 41.5 Å². The summed E-state index contributed by atoms with van der Waals surface area (Å²) in [6, 6.07) is 14.0. The fourth-order valence-corrected chi connectivity index (χ4v) is 2.51. The lowest BCUT2D eigenvalue weighted by Crippen LogP contribution is -2.29. The zero-order valence-electron chi connectivity index (χ0n) is 13.8. The Labute approximate surface area is 152 Å². The van der Waals surface area contributed by atoms with Gasteiger partial charge in [0.05, 0.1) is 6.26 Å². The van der Waals surface area contributed by atoms with Gasteiger partial charge in [-0.25, -0.2) is 4.98 Å². The van der Waals surface area contributed by atoms with Crippen molar-refractivity contribution in [2.45, 2.75) is 0 Å². The molecule has 4 rings (SSSR count). The summed E-state index contributed by atoms with van der Waals surface area (Å²) in [6.07, 6.45) is 3.13. The van der Waals surface area contributed by atoms with E-state index in [4.69, 9.17) is 4.42 Å². The van der Waals surface area contributed by atoms with Crippen LogP contribution in [0.4, 0.5) is 5.95 Å². The number of hydroxylamine groups is 1. The molecule has 0 bridgehead atoms. The monoisotopic (exact) mass is 363 g/mol. The molecule has 3 heterocycles. The molecule has 134 valence electrons. The van der Waals surface area contributed by atoms with Crippen LogP contribution in [-0.2, 0) is 0 Å². The molecule has 0 aliphatic carbocycles. The fraction of sp³-hybridized carbons (Fsp3) is 0. The van der Waals surface area contributed by atoms with Crippen molar-refractivity contribution in [2.24, 2.45) is 10.1 Å². The van der Waals surface area contributed by atoms with E-state index in [0.717, 1.165) is 0 Å². The number of nitrogens with one attached hydrogen (secondary N) is 1. The Morgan fingerprint density at radius 2 is 1.96 bits per heavy atom. The van der Waals surface area contributed by atoms with Gasteiger partial charge in [0.25, 0.3) is 11.7 Å². The smallest absolute Gasteiger partial charge is 0.272 e. The average molecular weight is 363 g/mol. The maximum Gasteiger partial charge on any atom is 0.272 e. The summed E-state index contributed by atoms with van der Waals surface area (Å²) in [7, 11) is 0. The van der Waals surface area contributed by atoms with Crippen LogP contribution in [0.5, 0.6) is 0 Å². The third-order valence-corrected chi connectivity index (χ3v) is 3.69. The summed E-state index contributed by atoms with van der Waals surface area (Å²) in [5.74, 6) is 0.765. The van der Waals surface area contributed by atoms with Gasteiger partial charge in [-0.2, -0.15) is 14.5 Å². The molecule has 3 N–H and O–H groups in total. The van der Waals surface area contributed by atoms with Crippen LogP contribution in [0.2, 0.25) is 0 Å². The van der Waals surface area contributed by atoms with Crippen molar-refractivity contribution in [2.75, 3.05) is 0 Å². The minimum atomic E-state index is -0.126. The molecule has 3 aromatic heterocycles. The lowest BCUT2D eigenvalue weighted by Gasteiger charge is -2.05. The average Bonchev–Trinajstić information content (AvgIpc) is 3.37. The molecule has 0 saturated heterocycles. The van der Waals surface area contributed by atoms with E-state index >= 15 is 0 Å². The molecule has 0 atom stereocenters. The summed E-state index contributed by atoms with van der Waals surface area (Å²) in [5.41, 5.74) is 3.12. The molecule has 4 aromatic rings. The molecular weight excluding hydrogens is 350 g/mol. The third-order valence-electron chi connectivity index (χ3n) is 3.69. The van der Waals surface area contributed by atoms with E-state index in [1.807, 2.05) is 11.5 Å². The molecule has 27 heavy (non-hydrogen) atoms. The Bertz CT molecular complexity index is 1120. The van der Waals surface area contributed by atoms with E-state index in [2.05, 4.69) is 25.2 Å². The van der Waals surface area contributed by atoms with Gasteiger partial charge in [0, 0.05) is 11.8 Å². The van der Waals surface area contributed by atoms with Crippen LogP contribution in [0.1, 0.15) is 5.56 Å². The second-order valence-electron chi connectivity index (χ2n) is 5.32. The quantitative estimate of drug-likeness (QED) is 0.219. The number of benzene rings is 1. The maximum absolute atomic E-state index is 9.46. The Hall–Kier alpha value is -4.05. The van der Waals surface area contributed by atoms with Crippen LogP contribution in [0.3, 0.4) is 0 Å². The Morgan fingerprint density at radius 1 is 1.11 bits per heavy atom. The Kier molecular flexibility index (Phi) is 4.29. The highest BCUT2D eigenvalue weighted by molar-refractivity contribution is 6.47. The summed E-state index contributed by atoms with van der Waals surface area (Å²) >= 11 is 0. The van der Waals surface area contributed by atoms with Crippen molar-refractivity contribution >= 4 is 23.3 Å². The van der Waals surface area contributed by atoms with Crippen LogP contribution < -0.4 is 5.48 Å². The van der Waals surface area contributed by atoms with Gasteiger partial charge < -0.3 is 9.62 Å². The van der Waals surface area contributed by atoms with Gasteiger partial charge in [-0.3, -0.25) is 10.7 Å². The minimum Gasteiger partial charge on any atom is -0.463 e. The van der Waals surface area contributed by atoms with Crippen molar-refractivity contribution in [3.8, 4) is 11.5 Å². The van der Waals surface area contributed by atoms with Crippen LogP contribution in [0.15, 0.2) is 75.6 Å². The summed E-state index contributed by atoms with van der Waals surface area (Å²) < 4.78 is 6.86. The molecule has 0 unspecified atom stereocenters. The van der Waals surface area contributed by atoms with Crippen molar-refractivity contribution in [1.82, 2.24) is 25.1 Å². The molecule has 0 spiro atoms. The first-order valence-electron chi connectivity index (χ1n) is 7.82. The Morgan fingerprint density at radius 3 is 2.67 bits per heavy atom. The highest BCUT2D eigenvalue weighted by atomic mass is 16.5. The maximum atomic E-state index is 9.46. The van der Waals surface area contributed by atoms with Gasteiger partial charge in [0.2, 0.25) is 0 Å². The number of fused-ring (bicyclic) bond motifs is 1. The van der Waals surface area contributed by atoms with Crippen molar-refractivity contribution < 1.29 is 14.8 Å². The first-order valence-corrected chi connectivity index (χ1v) is 7.82. The van der Waals surface area contributed by atoms with Crippen LogP contribution in [0, 0.1) is 0 Å². The lowest BCUT2D eigenvalue weighted by molar-refractivity contribution is 0.236. The fourth-order valence-electron chi connectivity index (χ4n) is 2.51. The standard InChI is InChI=1S/C17H13N7O3/c25-22-14(11-5-2-1-3-6-11)15(23-26)19-16-20-17-18-9-8-12(24(17)21-16)13-7-4-10-27-13/h1-10,25-26H,(H,19,21,23). The first kappa shape index (κ1) is 16.4. The predicted molar refractivity (Wildman–Crippen MR) is 95.3 cm³/mol. The third kappa shape index (κ3) is 3.12. The molecular formula is C17H13N7O3. The molecule has 0 aliphatic rings. The molecule has 0 radical (unpaired) electrons. The summed E-state index contributed by atoms with van der Waals surface area (Å²) in [4.78, 5) is 12.5. The van der Waals surface area contributed by atoms with Crippen LogP contribution in [0.25, 0.3) is 17.2 Å². The number of furan rings is 1. The lowest BCUT2D eigenvalue weighted by atomic mass is 10.1. The number of oxime groups is 1. The topological polar surface area (TPSA) is 133 Å². The highest BCUT2D eigenvalue weighted by Gasteiger charge is 2.16. The van der Waals surface area contributed by atoms with Gasteiger partial charge >= 0.3 is 0 Å². The number of aliphatic imine (C=N–C) groups is 1. The van der Waals surface area contributed by atoms with E-state index in [-0.39, 0.29) is 17.5 Å². The molecule has 1 aromatic carbocycles. The predicted octanol–water partition coefficient (Wildman–Crippen LogP) is 2.27.